The lowest BCUT2D eigenvalue weighted by molar-refractivity contribution is 0.154. The van der Waals surface area contributed by atoms with Gasteiger partial charge in [-0.2, -0.15) is 5.26 Å². The Morgan fingerprint density at radius 2 is 2.31 bits per heavy atom. The summed E-state index contributed by atoms with van der Waals surface area (Å²) in [6.45, 7) is 3.54. The molecule has 0 amide bonds. The molecule has 84 valence electrons. The van der Waals surface area contributed by atoms with Crippen LogP contribution in [0.1, 0.15) is 24.0 Å². The average Bonchev–Trinajstić information content (AvgIpc) is 2.28. The number of anilines is 1. The lowest BCUT2D eigenvalue weighted by Gasteiger charge is -2.32. The van der Waals surface area contributed by atoms with Crippen molar-refractivity contribution in [3.63, 3.8) is 0 Å². The molecule has 1 saturated heterocycles. The molecule has 3 heteroatoms. The highest BCUT2D eigenvalue weighted by molar-refractivity contribution is 5.60. The fourth-order valence-electron chi connectivity index (χ4n) is 2.19. The van der Waals surface area contributed by atoms with E-state index in [0.717, 1.165) is 30.6 Å². The molecule has 3 nitrogen and oxygen atoms in total. The molecule has 1 N–H and O–H groups in total. The maximum absolute atomic E-state index is 9.63. The predicted molar refractivity (Wildman–Crippen MR) is 63.3 cm³/mol. The molecule has 1 aliphatic rings. The predicted octanol–water partition coefficient (Wildman–Crippen LogP) is 1.83. The van der Waals surface area contributed by atoms with Crippen molar-refractivity contribution < 1.29 is 5.11 Å². The van der Waals surface area contributed by atoms with Gasteiger partial charge in [-0.15, -0.1) is 0 Å². The number of nitrogens with zero attached hydrogens (tertiary/aromatic N) is 2. The van der Waals surface area contributed by atoms with Crippen LogP contribution in [-0.4, -0.2) is 24.3 Å². The lowest BCUT2D eigenvalue weighted by atomic mass is 10.0. The van der Waals surface area contributed by atoms with Crippen molar-refractivity contribution in [2.24, 2.45) is 0 Å². The Bertz CT molecular complexity index is 422. The summed E-state index contributed by atoms with van der Waals surface area (Å²) in [5.41, 5.74) is 2.75. The van der Waals surface area contributed by atoms with Gasteiger partial charge in [0.2, 0.25) is 0 Å². The number of piperidine rings is 1. The van der Waals surface area contributed by atoms with Crippen LogP contribution in [0, 0.1) is 18.3 Å². The van der Waals surface area contributed by atoms with Crippen LogP contribution in [0.25, 0.3) is 0 Å². The summed E-state index contributed by atoms with van der Waals surface area (Å²) in [4.78, 5) is 2.10. The number of nitriles is 1. The van der Waals surface area contributed by atoms with Gasteiger partial charge >= 0.3 is 0 Å². The van der Waals surface area contributed by atoms with Crippen LogP contribution >= 0.6 is 0 Å². The van der Waals surface area contributed by atoms with Crippen molar-refractivity contribution in [3.05, 3.63) is 29.3 Å². The van der Waals surface area contributed by atoms with Gasteiger partial charge in [0.05, 0.1) is 17.4 Å². The monoisotopic (exact) mass is 216 g/mol. The van der Waals surface area contributed by atoms with E-state index >= 15 is 0 Å². The number of aliphatic hydroxyl groups is 1. The van der Waals surface area contributed by atoms with Crippen LogP contribution in [0.5, 0.6) is 0 Å². The topological polar surface area (TPSA) is 47.3 Å². The first-order chi connectivity index (χ1) is 7.70. The van der Waals surface area contributed by atoms with E-state index in [2.05, 4.69) is 11.0 Å². The molecule has 0 aliphatic carbocycles. The second kappa shape index (κ2) is 4.54. The summed E-state index contributed by atoms with van der Waals surface area (Å²) >= 11 is 0. The highest BCUT2D eigenvalue weighted by atomic mass is 16.3. The molecule has 2 rings (SSSR count). The van der Waals surface area contributed by atoms with Gasteiger partial charge in [0, 0.05) is 13.1 Å². The molecule has 1 aromatic rings. The Labute approximate surface area is 95.9 Å². The van der Waals surface area contributed by atoms with Gasteiger partial charge in [-0.1, -0.05) is 6.07 Å². The molecular weight excluding hydrogens is 200 g/mol. The van der Waals surface area contributed by atoms with Crippen LogP contribution in [0.4, 0.5) is 5.69 Å². The molecule has 0 radical (unpaired) electrons. The van der Waals surface area contributed by atoms with Crippen LogP contribution in [-0.2, 0) is 0 Å². The first-order valence-electron chi connectivity index (χ1n) is 5.64. The molecule has 0 saturated carbocycles. The Hall–Kier alpha value is -1.53. The summed E-state index contributed by atoms with van der Waals surface area (Å²) in [5.74, 6) is 0. The smallest absolute Gasteiger partial charge is 0.101 e. The third kappa shape index (κ3) is 2.17. The summed E-state index contributed by atoms with van der Waals surface area (Å²) in [6.07, 6.45) is 1.59. The van der Waals surface area contributed by atoms with Gasteiger partial charge in [-0.25, -0.2) is 0 Å². The first kappa shape index (κ1) is 11.0. The van der Waals surface area contributed by atoms with E-state index in [0.29, 0.717) is 12.1 Å². The zero-order valence-corrected chi connectivity index (χ0v) is 9.48. The maximum atomic E-state index is 9.63. The van der Waals surface area contributed by atoms with E-state index in [1.165, 1.54) is 0 Å². The van der Waals surface area contributed by atoms with Gasteiger partial charge in [-0.05, 0) is 37.5 Å². The number of rotatable bonds is 1. The molecule has 0 bridgehead atoms. The normalized spacial score (nSPS) is 20.6. The Kier molecular flexibility index (Phi) is 3.12. The molecule has 0 spiro atoms. The number of aliphatic hydroxyl groups excluding tert-OH is 1. The quantitative estimate of drug-likeness (QED) is 0.779. The molecular formula is C13H16N2O. The third-order valence-electron chi connectivity index (χ3n) is 3.01. The highest BCUT2D eigenvalue weighted by Gasteiger charge is 2.19. The van der Waals surface area contributed by atoms with Gasteiger partial charge in [0.15, 0.2) is 0 Å². The molecule has 16 heavy (non-hydrogen) atoms. The van der Waals surface area contributed by atoms with Crippen molar-refractivity contribution in [1.82, 2.24) is 0 Å². The Morgan fingerprint density at radius 1 is 1.50 bits per heavy atom. The molecule has 1 aromatic carbocycles. The minimum absolute atomic E-state index is 0.262. The van der Waals surface area contributed by atoms with E-state index < -0.39 is 0 Å². The standard InChI is InChI=1S/C13H16N2O/c1-10-4-5-13(11(7-10)8-14)15-6-2-3-12(16)9-15/h4-5,7,12,16H,2-3,6,9H2,1H3/t12-/m0/s1. The van der Waals surface area contributed by atoms with E-state index in [1.54, 1.807) is 0 Å². The fraction of sp³-hybridized carbons (Fsp3) is 0.462. The zero-order valence-electron chi connectivity index (χ0n) is 9.48. The molecule has 1 heterocycles. The first-order valence-corrected chi connectivity index (χ1v) is 5.64. The van der Waals surface area contributed by atoms with Crippen molar-refractivity contribution in [1.29, 1.82) is 5.26 Å². The van der Waals surface area contributed by atoms with Gasteiger partial charge in [0.25, 0.3) is 0 Å². The number of hydrogen-bond donors (Lipinski definition) is 1. The second-order valence-electron chi connectivity index (χ2n) is 4.37. The second-order valence-corrected chi connectivity index (χ2v) is 4.37. The van der Waals surface area contributed by atoms with E-state index in [4.69, 9.17) is 5.26 Å². The summed E-state index contributed by atoms with van der Waals surface area (Å²) in [6, 6.07) is 8.11. The van der Waals surface area contributed by atoms with Crippen LogP contribution in [0.3, 0.4) is 0 Å². The van der Waals surface area contributed by atoms with Crippen LogP contribution in [0.2, 0.25) is 0 Å². The van der Waals surface area contributed by atoms with Crippen molar-refractivity contribution in [2.45, 2.75) is 25.9 Å². The largest absolute Gasteiger partial charge is 0.391 e. The molecule has 1 aliphatic heterocycles. The highest BCUT2D eigenvalue weighted by Crippen LogP contribution is 2.24. The molecule has 0 aromatic heterocycles. The minimum Gasteiger partial charge on any atom is -0.391 e. The lowest BCUT2D eigenvalue weighted by Crippen LogP contribution is -2.38. The van der Waals surface area contributed by atoms with Crippen molar-refractivity contribution in [3.8, 4) is 6.07 Å². The molecule has 1 atom stereocenters. The summed E-state index contributed by atoms with van der Waals surface area (Å²) in [5, 5.41) is 18.7. The van der Waals surface area contributed by atoms with Gasteiger partial charge in [0.1, 0.15) is 6.07 Å². The minimum atomic E-state index is -0.262. The van der Waals surface area contributed by atoms with Gasteiger partial charge in [-0.3, -0.25) is 0 Å². The summed E-state index contributed by atoms with van der Waals surface area (Å²) < 4.78 is 0. The van der Waals surface area contributed by atoms with Crippen LogP contribution < -0.4 is 4.90 Å². The number of aryl methyl sites for hydroxylation is 1. The maximum Gasteiger partial charge on any atom is 0.101 e. The zero-order chi connectivity index (χ0) is 11.5. The van der Waals surface area contributed by atoms with E-state index in [1.807, 2.05) is 25.1 Å². The average molecular weight is 216 g/mol. The number of benzene rings is 1. The Balaban J connectivity index is 2.29. The SMILES string of the molecule is Cc1ccc(N2CCC[C@H](O)C2)c(C#N)c1. The van der Waals surface area contributed by atoms with Crippen LogP contribution in [0.15, 0.2) is 18.2 Å². The fourth-order valence-corrected chi connectivity index (χ4v) is 2.19. The number of hydrogen-bond acceptors (Lipinski definition) is 3. The summed E-state index contributed by atoms with van der Waals surface area (Å²) in [7, 11) is 0. The number of β-amino-alcohol motifs (C(OH)–C–C–N with tert-alkyl or cyclic N) is 1. The third-order valence-corrected chi connectivity index (χ3v) is 3.01. The van der Waals surface area contributed by atoms with Gasteiger partial charge < -0.3 is 10.0 Å². The molecule has 0 unspecified atom stereocenters. The van der Waals surface area contributed by atoms with Crippen molar-refractivity contribution in [2.75, 3.05) is 18.0 Å². The molecule has 1 fully saturated rings. The van der Waals surface area contributed by atoms with Crippen molar-refractivity contribution >= 4 is 5.69 Å². The van der Waals surface area contributed by atoms with E-state index in [9.17, 15) is 5.11 Å². The Morgan fingerprint density at radius 3 is 3.00 bits per heavy atom. The van der Waals surface area contributed by atoms with E-state index in [-0.39, 0.29) is 6.10 Å².